The van der Waals surface area contributed by atoms with E-state index < -0.39 is 0 Å². The minimum Gasteiger partial charge on any atom is -0.290 e. The SMILES string of the molecule is CC(C)c1ccccc1-c1ccccc1C(=O)NN. The minimum absolute atomic E-state index is 0.269. The Morgan fingerprint density at radius 1 is 1.00 bits per heavy atom. The van der Waals surface area contributed by atoms with Crippen LogP contribution >= 0.6 is 0 Å². The molecule has 0 spiro atoms. The number of rotatable bonds is 3. The molecule has 0 saturated heterocycles. The molecule has 0 aliphatic rings. The predicted molar refractivity (Wildman–Crippen MR) is 77.6 cm³/mol. The molecule has 0 aliphatic heterocycles. The van der Waals surface area contributed by atoms with Gasteiger partial charge in [0.2, 0.25) is 0 Å². The van der Waals surface area contributed by atoms with Gasteiger partial charge < -0.3 is 0 Å². The molecule has 2 aromatic rings. The molecule has 2 aromatic carbocycles. The molecule has 0 aromatic heterocycles. The standard InChI is InChI=1S/C16H18N2O/c1-11(2)12-7-3-4-8-13(12)14-9-5-6-10-15(14)16(19)18-17/h3-11H,17H2,1-2H3,(H,18,19). The van der Waals surface area contributed by atoms with Crippen LogP contribution < -0.4 is 11.3 Å². The number of nitrogens with one attached hydrogen (secondary N) is 1. The summed E-state index contributed by atoms with van der Waals surface area (Å²) in [6.07, 6.45) is 0. The van der Waals surface area contributed by atoms with Crippen molar-refractivity contribution in [1.82, 2.24) is 5.43 Å². The lowest BCUT2D eigenvalue weighted by Gasteiger charge is -2.15. The van der Waals surface area contributed by atoms with E-state index in [-0.39, 0.29) is 5.91 Å². The molecular formula is C16H18N2O. The van der Waals surface area contributed by atoms with Crippen molar-refractivity contribution in [2.45, 2.75) is 19.8 Å². The van der Waals surface area contributed by atoms with Crippen molar-refractivity contribution >= 4 is 5.91 Å². The maximum Gasteiger partial charge on any atom is 0.265 e. The van der Waals surface area contributed by atoms with Crippen LogP contribution in [0.3, 0.4) is 0 Å². The molecule has 0 bridgehead atoms. The fourth-order valence-electron chi connectivity index (χ4n) is 2.24. The molecule has 19 heavy (non-hydrogen) atoms. The summed E-state index contributed by atoms with van der Waals surface area (Å²) in [6, 6.07) is 15.6. The second-order valence-electron chi connectivity index (χ2n) is 4.76. The van der Waals surface area contributed by atoms with Crippen LogP contribution in [0.15, 0.2) is 48.5 Å². The van der Waals surface area contributed by atoms with E-state index in [0.29, 0.717) is 11.5 Å². The van der Waals surface area contributed by atoms with Gasteiger partial charge in [-0.1, -0.05) is 56.3 Å². The lowest BCUT2D eigenvalue weighted by Crippen LogP contribution is -2.30. The quantitative estimate of drug-likeness (QED) is 0.502. The Labute approximate surface area is 113 Å². The van der Waals surface area contributed by atoms with Crippen LogP contribution in [0.25, 0.3) is 11.1 Å². The number of nitrogen functional groups attached to an aromatic ring is 1. The zero-order valence-electron chi connectivity index (χ0n) is 11.2. The molecule has 1 amide bonds. The second-order valence-corrected chi connectivity index (χ2v) is 4.76. The maximum absolute atomic E-state index is 11.9. The summed E-state index contributed by atoms with van der Waals surface area (Å²) in [4.78, 5) is 11.9. The van der Waals surface area contributed by atoms with Crippen molar-refractivity contribution in [2.75, 3.05) is 0 Å². The highest BCUT2D eigenvalue weighted by Gasteiger charge is 2.14. The first-order valence-electron chi connectivity index (χ1n) is 6.34. The Kier molecular flexibility index (Phi) is 3.97. The van der Waals surface area contributed by atoms with Crippen molar-refractivity contribution in [3.8, 4) is 11.1 Å². The predicted octanol–water partition coefficient (Wildman–Crippen LogP) is 3.08. The Hall–Kier alpha value is -2.13. The average Bonchev–Trinajstić information content (AvgIpc) is 2.46. The van der Waals surface area contributed by atoms with E-state index in [4.69, 9.17) is 5.84 Å². The zero-order valence-corrected chi connectivity index (χ0v) is 11.2. The van der Waals surface area contributed by atoms with Gasteiger partial charge in [0.05, 0.1) is 0 Å². The number of nitrogens with two attached hydrogens (primary N) is 1. The minimum atomic E-state index is -0.269. The normalized spacial score (nSPS) is 10.5. The molecule has 0 saturated carbocycles. The third-order valence-corrected chi connectivity index (χ3v) is 3.18. The van der Waals surface area contributed by atoms with E-state index in [1.165, 1.54) is 5.56 Å². The summed E-state index contributed by atoms with van der Waals surface area (Å²) in [5.41, 5.74) is 6.01. The molecule has 0 aliphatic carbocycles. The van der Waals surface area contributed by atoms with Crippen molar-refractivity contribution < 1.29 is 4.79 Å². The first-order chi connectivity index (χ1) is 9.15. The van der Waals surface area contributed by atoms with E-state index in [1.54, 1.807) is 6.07 Å². The molecule has 3 heteroatoms. The lowest BCUT2D eigenvalue weighted by atomic mass is 9.90. The number of carbonyl (C=O) groups is 1. The molecular weight excluding hydrogens is 236 g/mol. The zero-order chi connectivity index (χ0) is 13.8. The van der Waals surface area contributed by atoms with Gasteiger partial charge in [-0.25, -0.2) is 5.84 Å². The second kappa shape index (κ2) is 5.67. The lowest BCUT2D eigenvalue weighted by molar-refractivity contribution is 0.0954. The summed E-state index contributed by atoms with van der Waals surface area (Å²) < 4.78 is 0. The number of hydrogen-bond acceptors (Lipinski definition) is 2. The van der Waals surface area contributed by atoms with Crippen LogP contribution in [0.1, 0.15) is 35.7 Å². The van der Waals surface area contributed by atoms with Crippen LogP contribution in [-0.4, -0.2) is 5.91 Å². The fraction of sp³-hybridized carbons (Fsp3) is 0.188. The van der Waals surface area contributed by atoms with Crippen molar-refractivity contribution in [3.63, 3.8) is 0 Å². The summed E-state index contributed by atoms with van der Waals surface area (Å²) in [5.74, 6) is 5.37. The molecule has 3 nitrogen and oxygen atoms in total. The molecule has 0 radical (unpaired) electrons. The fourth-order valence-corrected chi connectivity index (χ4v) is 2.24. The van der Waals surface area contributed by atoms with Gasteiger partial charge in [-0.15, -0.1) is 0 Å². The summed E-state index contributed by atoms with van der Waals surface area (Å²) in [7, 11) is 0. The highest BCUT2D eigenvalue weighted by Crippen LogP contribution is 2.31. The van der Waals surface area contributed by atoms with Crippen LogP contribution in [0.2, 0.25) is 0 Å². The highest BCUT2D eigenvalue weighted by atomic mass is 16.2. The third-order valence-electron chi connectivity index (χ3n) is 3.18. The van der Waals surface area contributed by atoms with E-state index in [2.05, 4.69) is 25.3 Å². The molecule has 0 fully saturated rings. The van der Waals surface area contributed by atoms with Crippen LogP contribution in [-0.2, 0) is 0 Å². The first kappa shape index (κ1) is 13.3. The first-order valence-corrected chi connectivity index (χ1v) is 6.34. The summed E-state index contributed by atoms with van der Waals surface area (Å²) in [5, 5.41) is 0. The topological polar surface area (TPSA) is 55.1 Å². The molecule has 0 heterocycles. The number of hydrazine groups is 1. The third kappa shape index (κ3) is 2.66. The summed E-state index contributed by atoms with van der Waals surface area (Å²) >= 11 is 0. The largest absolute Gasteiger partial charge is 0.290 e. The molecule has 3 N–H and O–H groups in total. The number of amides is 1. The molecule has 0 unspecified atom stereocenters. The Bertz CT molecular complexity index is 591. The van der Waals surface area contributed by atoms with Crippen molar-refractivity contribution in [3.05, 3.63) is 59.7 Å². The Balaban J connectivity index is 2.63. The van der Waals surface area contributed by atoms with Crippen molar-refractivity contribution in [1.29, 1.82) is 0 Å². The molecule has 2 rings (SSSR count). The molecule has 0 atom stereocenters. The average molecular weight is 254 g/mol. The van der Waals surface area contributed by atoms with Crippen LogP contribution in [0, 0.1) is 0 Å². The number of hydrogen-bond donors (Lipinski definition) is 2. The van der Waals surface area contributed by atoms with Gasteiger partial charge in [0.1, 0.15) is 0 Å². The van der Waals surface area contributed by atoms with Gasteiger partial charge in [-0.05, 0) is 28.7 Å². The van der Waals surface area contributed by atoms with E-state index in [1.807, 2.05) is 36.4 Å². The van der Waals surface area contributed by atoms with Gasteiger partial charge in [0.15, 0.2) is 0 Å². The van der Waals surface area contributed by atoms with Gasteiger partial charge in [0.25, 0.3) is 5.91 Å². The monoisotopic (exact) mass is 254 g/mol. The number of benzene rings is 2. The Morgan fingerprint density at radius 3 is 2.21 bits per heavy atom. The maximum atomic E-state index is 11.9. The highest BCUT2D eigenvalue weighted by molar-refractivity contribution is 6.00. The Morgan fingerprint density at radius 2 is 1.58 bits per heavy atom. The van der Waals surface area contributed by atoms with Crippen LogP contribution in [0.5, 0.6) is 0 Å². The van der Waals surface area contributed by atoms with E-state index in [9.17, 15) is 4.79 Å². The van der Waals surface area contributed by atoms with Gasteiger partial charge in [-0.3, -0.25) is 10.2 Å². The van der Waals surface area contributed by atoms with E-state index >= 15 is 0 Å². The van der Waals surface area contributed by atoms with Gasteiger partial charge >= 0.3 is 0 Å². The molecule has 98 valence electrons. The van der Waals surface area contributed by atoms with Gasteiger partial charge in [-0.2, -0.15) is 0 Å². The summed E-state index contributed by atoms with van der Waals surface area (Å²) in [6.45, 7) is 4.29. The van der Waals surface area contributed by atoms with E-state index in [0.717, 1.165) is 11.1 Å². The van der Waals surface area contributed by atoms with Crippen LogP contribution in [0.4, 0.5) is 0 Å². The smallest absolute Gasteiger partial charge is 0.265 e. The number of carbonyl (C=O) groups excluding carboxylic acids is 1. The van der Waals surface area contributed by atoms with Crippen molar-refractivity contribution in [2.24, 2.45) is 5.84 Å². The van der Waals surface area contributed by atoms with Gasteiger partial charge in [0, 0.05) is 5.56 Å².